The van der Waals surface area contributed by atoms with Gasteiger partial charge in [-0.25, -0.2) is 0 Å². The van der Waals surface area contributed by atoms with Crippen LogP contribution >= 0.6 is 0 Å². The van der Waals surface area contributed by atoms with Crippen molar-refractivity contribution in [2.45, 2.75) is 51.4 Å². The molecule has 36 heavy (non-hydrogen) atoms. The van der Waals surface area contributed by atoms with Crippen LogP contribution in [0.1, 0.15) is 44.5 Å². The third kappa shape index (κ3) is 8.03. The Hall–Kier alpha value is -2.98. The maximum Gasteiger partial charge on any atom is 0.422 e. The van der Waals surface area contributed by atoms with E-state index in [4.69, 9.17) is 17.9 Å². The molecule has 7 nitrogen and oxygen atoms in total. The number of fused-ring (bicyclic) bond motifs is 1. The van der Waals surface area contributed by atoms with Crippen molar-refractivity contribution in [3.05, 3.63) is 53.1 Å². The van der Waals surface area contributed by atoms with E-state index < -0.39 is 37.9 Å². The number of benzene rings is 2. The van der Waals surface area contributed by atoms with Crippen molar-refractivity contribution < 1.29 is 35.3 Å². The van der Waals surface area contributed by atoms with Crippen LogP contribution in [0.15, 0.2) is 36.4 Å². The number of anilines is 1. The lowest BCUT2D eigenvalue weighted by molar-refractivity contribution is -0.153. The van der Waals surface area contributed by atoms with Gasteiger partial charge in [-0.15, -0.1) is 0 Å². The highest BCUT2D eigenvalue weighted by Crippen LogP contribution is 2.34. The first-order valence-corrected chi connectivity index (χ1v) is 11.8. The summed E-state index contributed by atoms with van der Waals surface area (Å²) in [6.07, 6.45) is -3.28. The normalized spacial score (nSPS) is 16.1. The molecule has 0 saturated heterocycles. The average Bonchev–Trinajstić information content (AvgIpc) is 3.22. The van der Waals surface area contributed by atoms with Crippen LogP contribution in [0, 0.1) is 0 Å². The Kier molecular flexibility index (Phi) is 8.45. The summed E-state index contributed by atoms with van der Waals surface area (Å²) >= 11 is 0. The number of ether oxygens (including phenoxy) is 2. The molecule has 2 atom stereocenters. The monoisotopic (exact) mass is 511 g/mol. The van der Waals surface area contributed by atoms with Gasteiger partial charge in [0, 0.05) is 28.4 Å². The van der Waals surface area contributed by atoms with Gasteiger partial charge in [0.15, 0.2) is 18.1 Å². The molecule has 1 amide bonds. The number of aliphatic hydroxyl groups excluding tert-OH is 1. The van der Waals surface area contributed by atoms with Gasteiger partial charge in [0.25, 0.3) is 5.91 Å². The van der Waals surface area contributed by atoms with Gasteiger partial charge in [-0.05, 0) is 62.4 Å². The number of nitrogens with zero attached hydrogens (tertiary/aromatic N) is 1. The molecule has 1 aliphatic rings. The standard InChI is InChI=1S/C26H34F3N3O4/c1-17(31-9-12-35-22-5-3-4-6-23(22)36-16-26(27,28)29)13-19-14-20-8-11-32(10-7-18(2)33)24(20)21(15-19)25(30)34/h3-6,14-15,17-18,31,33H,7-13,16H2,1-2H3,(H2,30,34)/t17-,18?/m1/s1/i9D2. The van der Waals surface area contributed by atoms with Gasteiger partial charge in [-0.3, -0.25) is 4.79 Å². The highest BCUT2D eigenvalue weighted by molar-refractivity contribution is 6.00. The van der Waals surface area contributed by atoms with Crippen LogP contribution in [0.2, 0.25) is 0 Å². The number of nitrogens with one attached hydrogen (secondary N) is 1. The quantitative estimate of drug-likeness (QED) is 0.381. The second kappa shape index (κ2) is 12.3. The topological polar surface area (TPSA) is 97.1 Å². The Morgan fingerprint density at radius 1 is 1.25 bits per heavy atom. The summed E-state index contributed by atoms with van der Waals surface area (Å²) in [7, 11) is 0. The number of alkyl halides is 3. The van der Waals surface area contributed by atoms with E-state index in [1.165, 1.54) is 18.2 Å². The van der Waals surface area contributed by atoms with Crippen LogP contribution in [-0.4, -0.2) is 62.1 Å². The van der Waals surface area contributed by atoms with Gasteiger partial charge in [0.1, 0.15) is 6.61 Å². The minimum absolute atomic E-state index is 0.0000498. The van der Waals surface area contributed by atoms with E-state index in [1.807, 2.05) is 6.07 Å². The SMILES string of the molecule is [2H]C([2H])(COc1ccccc1OCC(F)(F)F)N[C@H](C)Cc1cc2c(c(C(N)=O)c1)N(CCC(C)O)CC2. The van der Waals surface area contributed by atoms with Crippen LogP contribution in [0.5, 0.6) is 11.5 Å². The first-order valence-electron chi connectivity index (χ1n) is 12.8. The fourth-order valence-corrected chi connectivity index (χ4v) is 4.15. The molecule has 0 radical (unpaired) electrons. The van der Waals surface area contributed by atoms with Crippen LogP contribution in [0.3, 0.4) is 0 Å². The summed E-state index contributed by atoms with van der Waals surface area (Å²) < 4.78 is 64.4. The number of hydrogen-bond donors (Lipinski definition) is 3. The molecule has 10 heteroatoms. The zero-order valence-electron chi connectivity index (χ0n) is 22.4. The van der Waals surface area contributed by atoms with Gasteiger partial charge in [0.05, 0.1) is 17.4 Å². The summed E-state index contributed by atoms with van der Waals surface area (Å²) in [4.78, 5) is 14.3. The predicted molar refractivity (Wildman–Crippen MR) is 132 cm³/mol. The maximum atomic E-state index is 12.5. The van der Waals surface area contributed by atoms with E-state index in [-0.39, 0.29) is 17.5 Å². The van der Waals surface area contributed by atoms with Gasteiger partial charge in [-0.2, -0.15) is 13.2 Å². The molecule has 3 rings (SSSR count). The minimum Gasteiger partial charge on any atom is -0.488 e. The fraction of sp³-hybridized carbons (Fsp3) is 0.500. The molecule has 198 valence electrons. The molecule has 1 unspecified atom stereocenters. The van der Waals surface area contributed by atoms with Crippen molar-refractivity contribution in [1.82, 2.24) is 5.32 Å². The number of nitrogens with two attached hydrogens (primary N) is 1. The second-order valence-electron chi connectivity index (χ2n) is 8.96. The smallest absolute Gasteiger partial charge is 0.422 e. The van der Waals surface area contributed by atoms with Gasteiger partial charge >= 0.3 is 6.18 Å². The Balaban J connectivity index is 1.64. The maximum absolute atomic E-state index is 12.5. The molecule has 1 aliphatic heterocycles. The largest absolute Gasteiger partial charge is 0.488 e. The van der Waals surface area contributed by atoms with Crippen LogP contribution in [0.25, 0.3) is 0 Å². The number of carbonyl (C=O) groups excluding carboxylic acids is 1. The summed E-state index contributed by atoms with van der Waals surface area (Å²) in [5.41, 5.74) is 8.67. The fourth-order valence-electron chi connectivity index (χ4n) is 4.15. The van der Waals surface area contributed by atoms with E-state index in [0.29, 0.717) is 31.5 Å². The number of hydrogen-bond acceptors (Lipinski definition) is 6. The first-order chi connectivity index (χ1) is 17.7. The molecular formula is C26H34F3N3O4. The second-order valence-corrected chi connectivity index (χ2v) is 8.96. The average molecular weight is 512 g/mol. The van der Waals surface area contributed by atoms with Crippen molar-refractivity contribution in [2.24, 2.45) is 5.73 Å². The predicted octanol–water partition coefficient (Wildman–Crippen LogP) is 3.46. The molecular weight excluding hydrogens is 475 g/mol. The highest BCUT2D eigenvalue weighted by atomic mass is 19.4. The Morgan fingerprint density at radius 3 is 2.58 bits per heavy atom. The number of halogens is 3. The lowest BCUT2D eigenvalue weighted by Crippen LogP contribution is -2.32. The Morgan fingerprint density at radius 2 is 1.94 bits per heavy atom. The molecule has 4 N–H and O–H groups in total. The van der Waals surface area contributed by atoms with E-state index in [1.54, 1.807) is 26.0 Å². The molecule has 0 spiro atoms. The van der Waals surface area contributed by atoms with Gasteiger partial charge in [-0.1, -0.05) is 18.2 Å². The number of carbonyl (C=O) groups is 1. The highest BCUT2D eigenvalue weighted by Gasteiger charge is 2.29. The third-order valence-electron chi connectivity index (χ3n) is 5.73. The molecule has 0 saturated carbocycles. The lowest BCUT2D eigenvalue weighted by Gasteiger charge is -2.23. The molecule has 2 aromatic rings. The zero-order chi connectivity index (χ0) is 28.1. The van der Waals surface area contributed by atoms with Crippen molar-refractivity contribution >= 4 is 11.6 Å². The summed E-state index contributed by atoms with van der Waals surface area (Å²) in [5.74, 6) is -0.684. The number of primary amides is 1. The van der Waals surface area contributed by atoms with Crippen molar-refractivity contribution in [2.75, 3.05) is 37.7 Å². The lowest BCUT2D eigenvalue weighted by atomic mass is 9.98. The van der Waals surface area contributed by atoms with Crippen molar-refractivity contribution in [1.29, 1.82) is 0 Å². The van der Waals surface area contributed by atoms with Gasteiger partial charge in [0.2, 0.25) is 0 Å². The molecule has 0 aromatic heterocycles. The number of amides is 1. The number of para-hydroxylation sites is 2. The number of rotatable bonds is 13. The first kappa shape index (κ1) is 24.7. The molecule has 0 bridgehead atoms. The molecule has 0 fully saturated rings. The van der Waals surface area contributed by atoms with E-state index >= 15 is 0 Å². The van der Waals surface area contributed by atoms with E-state index in [9.17, 15) is 23.1 Å². The number of aliphatic hydroxyl groups is 1. The zero-order valence-corrected chi connectivity index (χ0v) is 20.4. The molecule has 2 aromatic carbocycles. The van der Waals surface area contributed by atoms with Crippen LogP contribution in [-0.2, 0) is 12.8 Å². The van der Waals surface area contributed by atoms with Crippen molar-refractivity contribution in [3.8, 4) is 11.5 Å². The van der Waals surface area contributed by atoms with E-state index in [2.05, 4.69) is 10.2 Å². The molecule has 0 aliphatic carbocycles. The summed E-state index contributed by atoms with van der Waals surface area (Å²) in [6.45, 7) is 0.844. The summed E-state index contributed by atoms with van der Waals surface area (Å²) in [6, 6.07) is 9.11. The van der Waals surface area contributed by atoms with Crippen LogP contribution in [0.4, 0.5) is 18.9 Å². The van der Waals surface area contributed by atoms with E-state index in [0.717, 1.165) is 23.2 Å². The van der Waals surface area contributed by atoms with Gasteiger partial charge < -0.3 is 30.5 Å². The Bertz CT molecular complexity index is 1120. The third-order valence-corrected chi connectivity index (χ3v) is 5.73. The van der Waals surface area contributed by atoms with Crippen LogP contribution < -0.4 is 25.4 Å². The Labute approximate surface area is 212 Å². The summed E-state index contributed by atoms with van der Waals surface area (Å²) in [5, 5.41) is 12.5. The molecule has 1 heterocycles. The van der Waals surface area contributed by atoms with Crippen molar-refractivity contribution in [3.63, 3.8) is 0 Å². The minimum atomic E-state index is -4.51.